The van der Waals surface area contributed by atoms with Crippen LogP contribution in [0, 0.1) is 11.6 Å². The van der Waals surface area contributed by atoms with Gasteiger partial charge in [0.25, 0.3) is 0 Å². The Balaban J connectivity index is 2.07. The lowest BCUT2D eigenvalue weighted by Crippen LogP contribution is -2.07. The van der Waals surface area contributed by atoms with E-state index in [1.165, 1.54) is 0 Å². The molecule has 2 aromatic rings. The summed E-state index contributed by atoms with van der Waals surface area (Å²) < 4.78 is 28.4. The van der Waals surface area contributed by atoms with E-state index in [4.69, 9.17) is 11.6 Å². The van der Waals surface area contributed by atoms with E-state index in [1.807, 2.05) is 16.9 Å². The Kier molecular flexibility index (Phi) is 4.60. The van der Waals surface area contributed by atoms with Crippen LogP contribution < -0.4 is 5.32 Å². The lowest BCUT2D eigenvalue weighted by atomic mass is 10.3. The minimum absolute atomic E-state index is 0.0175. The maximum atomic E-state index is 13.6. The van der Waals surface area contributed by atoms with Gasteiger partial charge in [0.2, 0.25) is 0 Å². The molecule has 0 saturated carbocycles. The largest absolute Gasteiger partial charge is 0.376 e. The second-order valence-electron chi connectivity index (χ2n) is 4.64. The van der Waals surface area contributed by atoms with Crippen LogP contribution in [0.25, 0.3) is 0 Å². The maximum absolute atomic E-state index is 13.6. The molecule has 0 radical (unpaired) electrons. The molecule has 1 aromatic heterocycles. The van der Waals surface area contributed by atoms with Crippen molar-refractivity contribution in [2.24, 2.45) is 0 Å². The van der Waals surface area contributed by atoms with Gasteiger partial charge in [0.15, 0.2) is 5.82 Å². The van der Waals surface area contributed by atoms with Crippen LogP contribution in [0.5, 0.6) is 0 Å². The summed E-state index contributed by atoms with van der Waals surface area (Å²) in [7, 11) is 0. The van der Waals surface area contributed by atoms with Crippen molar-refractivity contribution in [3.05, 3.63) is 46.7 Å². The molecule has 108 valence electrons. The highest BCUT2D eigenvalue weighted by Crippen LogP contribution is 2.26. The summed E-state index contributed by atoms with van der Waals surface area (Å²) in [6.07, 6.45) is 2.86. The van der Waals surface area contributed by atoms with Crippen molar-refractivity contribution in [3.8, 4) is 0 Å². The molecule has 1 heterocycles. The minimum Gasteiger partial charge on any atom is -0.376 e. The van der Waals surface area contributed by atoms with Crippen LogP contribution in [0.15, 0.2) is 24.4 Å². The number of anilines is 1. The molecular weight excluding hydrogens is 284 g/mol. The molecular formula is C14H16ClF2N3. The first-order chi connectivity index (χ1) is 9.51. The van der Waals surface area contributed by atoms with Crippen LogP contribution in [0.2, 0.25) is 5.02 Å². The molecule has 0 aliphatic carbocycles. The zero-order chi connectivity index (χ0) is 14.7. The number of hydrogen-bond donors (Lipinski definition) is 1. The molecule has 0 spiro atoms. The Labute approximate surface area is 121 Å². The second-order valence-corrected chi connectivity index (χ2v) is 5.05. The van der Waals surface area contributed by atoms with Gasteiger partial charge in [-0.1, -0.05) is 18.5 Å². The van der Waals surface area contributed by atoms with Gasteiger partial charge in [-0.3, -0.25) is 4.68 Å². The number of nitrogens with one attached hydrogen (secondary N) is 1. The molecule has 0 aliphatic heterocycles. The molecule has 1 unspecified atom stereocenters. The standard InChI is InChI=1S/C14H16ClF2N3/c1-3-9(2)20-5-4-11(19-20)8-18-14-12(15)6-10(16)7-13(14)17/h4-7,9,18H,3,8H2,1-2H3. The Morgan fingerprint density at radius 1 is 1.40 bits per heavy atom. The predicted molar refractivity (Wildman–Crippen MR) is 75.9 cm³/mol. The van der Waals surface area contributed by atoms with Gasteiger partial charge in [-0.15, -0.1) is 0 Å². The summed E-state index contributed by atoms with van der Waals surface area (Å²) in [6.45, 7) is 4.48. The first-order valence-electron chi connectivity index (χ1n) is 6.43. The van der Waals surface area contributed by atoms with E-state index in [2.05, 4.69) is 24.3 Å². The average molecular weight is 300 g/mol. The lowest BCUT2D eigenvalue weighted by molar-refractivity contribution is 0.474. The summed E-state index contributed by atoms with van der Waals surface area (Å²) in [5, 5.41) is 7.25. The molecule has 0 fully saturated rings. The van der Waals surface area contributed by atoms with E-state index >= 15 is 0 Å². The van der Waals surface area contributed by atoms with E-state index in [0.717, 1.165) is 24.2 Å². The Morgan fingerprint density at radius 3 is 2.80 bits per heavy atom. The van der Waals surface area contributed by atoms with Crippen molar-refractivity contribution in [2.75, 3.05) is 5.32 Å². The highest BCUT2D eigenvalue weighted by atomic mass is 35.5. The van der Waals surface area contributed by atoms with Crippen LogP contribution in [-0.4, -0.2) is 9.78 Å². The summed E-state index contributed by atoms with van der Waals surface area (Å²) in [6, 6.07) is 4.04. The van der Waals surface area contributed by atoms with Crippen LogP contribution in [0.4, 0.5) is 14.5 Å². The Morgan fingerprint density at radius 2 is 2.15 bits per heavy atom. The zero-order valence-electron chi connectivity index (χ0n) is 11.3. The zero-order valence-corrected chi connectivity index (χ0v) is 12.1. The molecule has 3 nitrogen and oxygen atoms in total. The second kappa shape index (κ2) is 6.22. The van der Waals surface area contributed by atoms with E-state index < -0.39 is 11.6 Å². The summed E-state index contributed by atoms with van der Waals surface area (Å²) in [4.78, 5) is 0. The van der Waals surface area contributed by atoms with Gasteiger partial charge in [-0.2, -0.15) is 5.10 Å². The van der Waals surface area contributed by atoms with Gasteiger partial charge in [-0.05, 0) is 25.5 Å². The smallest absolute Gasteiger partial charge is 0.150 e. The van der Waals surface area contributed by atoms with E-state index in [9.17, 15) is 8.78 Å². The van der Waals surface area contributed by atoms with Crippen molar-refractivity contribution >= 4 is 17.3 Å². The normalized spacial score (nSPS) is 12.4. The molecule has 20 heavy (non-hydrogen) atoms. The Hall–Kier alpha value is -1.62. The van der Waals surface area contributed by atoms with E-state index in [-0.39, 0.29) is 10.7 Å². The molecule has 0 amide bonds. The molecule has 6 heteroatoms. The van der Waals surface area contributed by atoms with Crippen molar-refractivity contribution in [1.82, 2.24) is 9.78 Å². The van der Waals surface area contributed by atoms with Crippen molar-refractivity contribution in [2.45, 2.75) is 32.9 Å². The summed E-state index contributed by atoms with van der Waals surface area (Å²) in [5.74, 6) is -1.41. The number of hydrogen-bond acceptors (Lipinski definition) is 2. The summed E-state index contributed by atoms with van der Waals surface area (Å²) in [5.41, 5.74) is 0.858. The van der Waals surface area contributed by atoms with Crippen molar-refractivity contribution < 1.29 is 8.78 Å². The highest BCUT2D eigenvalue weighted by Gasteiger charge is 2.11. The summed E-state index contributed by atoms with van der Waals surface area (Å²) >= 11 is 5.81. The van der Waals surface area contributed by atoms with Crippen molar-refractivity contribution in [1.29, 1.82) is 0 Å². The van der Waals surface area contributed by atoms with Gasteiger partial charge in [0.05, 0.1) is 22.9 Å². The number of nitrogens with zero attached hydrogens (tertiary/aromatic N) is 2. The van der Waals surface area contributed by atoms with Crippen LogP contribution in [-0.2, 0) is 6.54 Å². The van der Waals surface area contributed by atoms with Gasteiger partial charge in [-0.25, -0.2) is 8.78 Å². The Bertz CT molecular complexity index is 575. The van der Waals surface area contributed by atoms with Crippen LogP contribution in [0.1, 0.15) is 32.0 Å². The fourth-order valence-corrected chi connectivity index (χ4v) is 2.06. The predicted octanol–water partition coefficient (Wildman–Crippen LogP) is 4.40. The van der Waals surface area contributed by atoms with E-state index in [1.54, 1.807) is 0 Å². The number of rotatable bonds is 5. The minimum atomic E-state index is -0.712. The topological polar surface area (TPSA) is 29.9 Å². The third-order valence-electron chi connectivity index (χ3n) is 3.16. The van der Waals surface area contributed by atoms with Crippen molar-refractivity contribution in [3.63, 3.8) is 0 Å². The third kappa shape index (κ3) is 3.28. The molecule has 2 rings (SSSR count). The molecule has 0 bridgehead atoms. The van der Waals surface area contributed by atoms with Gasteiger partial charge in [0.1, 0.15) is 5.82 Å². The molecule has 1 atom stereocenters. The number of aromatic nitrogens is 2. The van der Waals surface area contributed by atoms with Crippen LogP contribution in [0.3, 0.4) is 0 Å². The number of halogens is 3. The van der Waals surface area contributed by atoms with Gasteiger partial charge >= 0.3 is 0 Å². The first-order valence-corrected chi connectivity index (χ1v) is 6.81. The molecule has 1 N–H and O–H groups in total. The third-order valence-corrected chi connectivity index (χ3v) is 3.46. The fourth-order valence-electron chi connectivity index (χ4n) is 1.79. The lowest BCUT2D eigenvalue weighted by Gasteiger charge is -2.10. The highest BCUT2D eigenvalue weighted by molar-refractivity contribution is 6.33. The first kappa shape index (κ1) is 14.8. The SMILES string of the molecule is CCC(C)n1ccc(CNc2c(F)cc(F)cc2Cl)n1. The van der Waals surface area contributed by atoms with E-state index in [0.29, 0.717) is 12.6 Å². The van der Waals surface area contributed by atoms with Gasteiger partial charge in [0, 0.05) is 18.3 Å². The number of benzene rings is 1. The monoisotopic (exact) mass is 299 g/mol. The van der Waals surface area contributed by atoms with Gasteiger partial charge < -0.3 is 5.32 Å². The average Bonchev–Trinajstić information content (AvgIpc) is 2.85. The van der Waals surface area contributed by atoms with Crippen LogP contribution >= 0.6 is 11.6 Å². The molecule has 0 saturated heterocycles. The quantitative estimate of drug-likeness (QED) is 0.887. The maximum Gasteiger partial charge on any atom is 0.150 e. The molecule has 1 aromatic carbocycles. The fraction of sp³-hybridized carbons (Fsp3) is 0.357. The molecule has 0 aliphatic rings.